The Bertz CT molecular complexity index is 585. The normalized spacial score (nSPS) is 27.9. The molecule has 1 aromatic carbocycles. The lowest BCUT2D eigenvalue weighted by Gasteiger charge is -2.32. The Kier molecular flexibility index (Phi) is 3.48. The minimum atomic E-state index is -1.08. The van der Waals surface area contributed by atoms with Gasteiger partial charge in [-0.05, 0) is 5.56 Å². The maximum absolute atomic E-state index is 12.3. The fraction of sp³-hybridized carbons (Fsp3) is 0.333. The van der Waals surface area contributed by atoms with Crippen LogP contribution in [0.2, 0.25) is 0 Å². The zero-order valence-electron chi connectivity index (χ0n) is 11.5. The second kappa shape index (κ2) is 5.31. The molecule has 2 heterocycles. The molecule has 2 aliphatic rings. The predicted octanol–water partition coefficient (Wildman–Crippen LogP) is 0.826. The van der Waals surface area contributed by atoms with Crippen molar-refractivity contribution in [3.63, 3.8) is 0 Å². The molecule has 0 aliphatic carbocycles. The molecule has 110 valence electrons. The summed E-state index contributed by atoms with van der Waals surface area (Å²) in [5.74, 6) is -0.926. The largest absolute Gasteiger partial charge is 0.467 e. The van der Waals surface area contributed by atoms with Crippen molar-refractivity contribution in [2.24, 2.45) is 0 Å². The minimum absolute atomic E-state index is 0.355. The van der Waals surface area contributed by atoms with Crippen LogP contribution in [0, 0.1) is 0 Å². The molecule has 3 rings (SSSR count). The molecule has 1 amide bonds. The van der Waals surface area contributed by atoms with Gasteiger partial charge in [-0.15, -0.1) is 0 Å². The zero-order chi connectivity index (χ0) is 15.0. The number of rotatable bonds is 3. The lowest BCUT2D eigenvalue weighted by molar-refractivity contribution is -0.169. The number of hydrogen-bond acceptors (Lipinski definition) is 5. The van der Waals surface area contributed by atoms with Crippen LogP contribution in [0.3, 0.4) is 0 Å². The van der Waals surface area contributed by atoms with Crippen LogP contribution >= 0.6 is 0 Å². The van der Waals surface area contributed by atoms with E-state index in [1.165, 1.54) is 12.0 Å². The molecule has 2 aliphatic heterocycles. The summed E-state index contributed by atoms with van der Waals surface area (Å²) >= 11 is 0. The fourth-order valence-electron chi connectivity index (χ4n) is 2.47. The number of amides is 1. The molecule has 1 aromatic rings. The van der Waals surface area contributed by atoms with Crippen LogP contribution in [0.4, 0.5) is 0 Å². The van der Waals surface area contributed by atoms with Crippen molar-refractivity contribution in [1.29, 1.82) is 0 Å². The van der Waals surface area contributed by atoms with E-state index < -0.39 is 24.5 Å². The number of morpholine rings is 1. The van der Waals surface area contributed by atoms with Gasteiger partial charge in [0.25, 0.3) is 5.91 Å². The van der Waals surface area contributed by atoms with E-state index in [1.807, 2.05) is 30.3 Å². The van der Waals surface area contributed by atoms with Gasteiger partial charge in [-0.3, -0.25) is 4.79 Å². The first-order chi connectivity index (χ1) is 10.1. The van der Waals surface area contributed by atoms with Gasteiger partial charge in [0.2, 0.25) is 6.29 Å². The molecule has 0 saturated carbocycles. The number of nitrogens with zero attached hydrogens (tertiary/aromatic N) is 1. The highest BCUT2D eigenvalue weighted by Gasteiger charge is 2.53. The first kappa shape index (κ1) is 13.8. The number of fused-ring (bicyclic) bond motifs is 2. The lowest BCUT2D eigenvalue weighted by atomic mass is 10.1. The predicted molar refractivity (Wildman–Crippen MR) is 71.7 cm³/mol. The van der Waals surface area contributed by atoms with Crippen LogP contribution < -0.4 is 0 Å². The van der Waals surface area contributed by atoms with Crippen LogP contribution in [0.1, 0.15) is 5.56 Å². The van der Waals surface area contributed by atoms with Crippen molar-refractivity contribution in [3.05, 3.63) is 48.2 Å². The third kappa shape index (κ3) is 2.32. The number of benzene rings is 1. The van der Waals surface area contributed by atoms with E-state index >= 15 is 0 Å². The van der Waals surface area contributed by atoms with Gasteiger partial charge in [-0.1, -0.05) is 36.9 Å². The molecular formula is C15H15NO5. The molecule has 0 N–H and O–H groups in total. The van der Waals surface area contributed by atoms with E-state index in [4.69, 9.17) is 9.47 Å². The molecule has 2 saturated heterocycles. The van der Waals surface area contributed by atoms with Crippen LogP contribution in [-0.4, -0.2) is 42.4 Å². The molecule has 0 unspecified atom stereocenters. The summed E-state index contributed by atoms with van der Waals surface area (Å²) in [6, 6.07) is 9.52. The summed E-state index contributed by atoms with van der Waals surface area (Å²) in [6.07, 6.45) is -2.71. The van der Waals surface area contributed by atoms with Gasteiger partial charge in [0.1, 0.15) is 6.10 Å². The highest BCUT2D eigenvalue weighted by Crippen LogP contribution is 2.34. The number of methoxy groups -OCH3 is 1. The maximum atomic E-state index is 12.3. The molecule has 0 spiro atoms. The number of hydrogen-bond donors (Lipinski definition) is 0. The topological polar surface area (TPSA) is 65.1 Å². The average Bonchev–Trinajstić information content (AvgIpc) is 2.92. The first-order valence-electron chi connectivity index (χ1n) is 6.54. The Balaban J connectivity index is 1.83. The van der Waals surface area contributed by atoms with Crippen LogP contribution in [0.25, 0.3) is 0 Å². The van der Waals surface area contributed by atoms with E-state index in [-0.39, 0.29) is 5.91 Å². The highest BCUT2D eigenvalue weighted by atomic mass is 16.8. The quantitative estimate of drug-likeness (QED) is 0.771. The molecule has 2 fully saturated rings. The third-order valence-corrected chi connectivity index (χ3v) is 3.58. The molecule has 0 aromatic heterocycles. The number of ether oxygens (including phenoxy) is 3. The van der Waals surface area contributed by atoms with E-state index in [0.29, 0.717) is 12.2 Å². The van der Waals surface area contributed by atoms with Crippen molar-refractivity contribution >= 4 is 11.9 Å². The molecule has 21 heavy (non-hydrogen) atoms. The van der Waals surface area contributed by atoms with Crippen molar-refractivity contribution in [2.45, 2.75) is 25.0 Å². The first-order valence-corrected chi connectivity index (χ1v) is 6.54. The van der Waals surface area contributed by atoms with Crippen LogP contribution in [-0.2, 0) is 30.3 Å². The van der Waals surface area contributed by atoms with Gasteiger partial charge < -0.3 is 19.1 Å². The van der Waals surface area contributed by atoms with Gasteiger partial charge >= 0.3 is 5.97 Å². The van der Waals surface area contributed by atoms with E-state index in [9.17, 15) is 9.59 Å². The third-order valence-electron chi connectivity index (χ3n) is 3.58. The van der Waals surface area contributed by atoms with Crippen LogP contribution in [0.15, 0.2) is 42.6 Å². The number of esters is 1. The lowest BCUT2D eigenvalue weighted by Crippen LogP contribution is -2.46. The smallest absolute Gasteiger partial charge is 0.338 e. The van der Waals surface area contributed by atoms with E-state index in [2.05, 4.69) is 11.3 Å². The van der Waals surface area contributed by atoms with Crippen molar-refractivity contribution < 1.29 is 23.8 Å². The van der Waals surface area contributed by atoms with Crippen molar-refractivity contribution in [2.75, 3.05) is 7.11 Å². The fourth-order valence-corrected chi connectivity index (χ4v) is 2.47. The van der Waals surface area contributed by atoms with E-state index in [1.54, 1.807) is 0 Å². The Morgan fingerprint density at radius 2 is 2.05 bits per heavy atom. The Morgan fingerprint density at radius 3 is 2.71 bits per heavy atom. The molecule has 0 radical (unpaired) electrons. The summed E-state index contributed by atoms with van der Waals surface area (Å²) in [7, 11) is 1.26. The molecule has 6 heteroatoms. The summed E-state index contributed by atoms with van der Waals surface area (Å²) in [4.78, 5) is 25.5. The molecule has 3 atom stereocenters. The molecular weight excluding hydrogens is 274 g/mol. The summed E-state index contributed by atoms with van der Waals surface area (Å²) in [5, 5.41) is 0. The second-order valence-corrected chi connectivity index (χ2v) is 4.87. The van der Waals surface area contributed by atoms with Crippen LogP contribution in [0.5, 0.6) is 0 Å². The van der Waals surface area contributed by atoms with Crippen molar-refractivity contribution in [1.82, 2.24) is 4.90 Å². The van der Waals surface area contributed by atoms with Gasteiger partial charge in [-0.2, -0.15) is 0 Å². The van der Waals surface area contributed by atoms with Gasteiger partial charge in [0.15, 0.2) is 6.10 Å². The van der Waals surface area contributed by atoms with E-state index in [0.717, 1.165) is 5.56 Å². The van der Waals surface area contributed by atoms with Gasteiger partial charge in [0.05, 0.1) is 13.7 Å². The standard InChI is InChI=1S/C15H15NO5/c1-9-11-12(14(18)19-2)21-15(20-11)13(17)16(9)8-10-6-4-3-5-7-10/h3-7,11-12,15H,1,8H2,2H3/t11-,12-,15+/m1/s1. The summed E-state index contributed by atoms with van der Waals surface area (Å²) in [5.41, 5.74) is 1.37. The summed E-state index contributed by atoms with van der Waals surface area (Å²) in [6.45, 7) is 4.25. The molecule has 2 bridgehead atoms. The van der Waals surface area contributed by atoms with Crippen molar-refractivity contribution in [3.8, 4) is 0 Å². The zero-order valence-corrected chi connectivity index (χ0v) is 11.5. The number of carbonyl (C=O) groups is 2. The monoisotopic (exact) mass is 289 g/mol. The maximum Gasteiger partial charge on any atom is 0.338 e. The average molecular weight is 289 g/mol. The second-order valence-electron chi connectivity index (χ2n) is 4.87. The Labute approximate surface area is 121 Å². The molecule has 6 nitrogen and oxygen atoms in total. The number of carbonyl (C=O) groups excluding carboxylic acids is 2. The Morgan fingerprint density at radius 1 is 1.33 bits per heavy atom. The SMILES string of the molecule is C=C1[C@H]2O[C@@H](O[C@H]2C(=O)OC)C(=O)N1Cc1ccccc1. The highest BCUT2D eigenvalue weighted by molar-refractivity contribution is 5.86. The van der Waals surface area contributed by atoms with Gasteiger partial charge in [-0.25, -0.2) is 4.79 Å². The van der Waals surface area contributed by atoms with Gasteiger partial charge in [0, 0.05) is 5.70 Å². The Hall–Kier alpha value is -2.18. The summed E-state index contributed by atoms with van der Waals surface area (Å²) < 4.78 is 15.4. The minimum Gasteiger partial charge on any atom is -0.467 e.